The van der Waals surface area contributed by atoms with Gasteiger partial charge >= 0.3 is 0 Å². The van der Waals surface area contributed by atoms with Gasteiger partial charge in [-0.25, -0.2) is 0 Å². The van der Waals surface area contributed by atoms with E-state index in [-0.39, 0.29) is 18.9 Å². The fraction of sp³-hybridized carbons (Fsp3) is 0.462. The van der Waals surface area contributed by atoms with Crippen molar-refractivity contribution in [2.75, 3.05) is 40.0 Å². The molecule has 0 fully saturated rings. The van der Waals surface area contributed by atoms with Crippen LogP contribution in [0, 0.1) is 0 Å². The molecular weight excluding hydrogens is 289 g/mol. The molecule has 1 rings (SSSR count). The van der Waals surface area contributed by atoms with Crippen molar-refractivity contribution in [3.63, 3.8) is 0 Å². The van der Waals surface area contributed by atoms with Crippen LogP contribution < -0.4 is 0 Å². The highest BCUT2D eigenvalue weighted by Crippen LogP contribution is 2.22. The molecule has 0 spiro atoms. The molecule has 0 amide bonds. The minimum Gasteiger partial charge on any atom is -0.394 e. The quantitative estimate of drug-likeness (QED) is 0.590. The van der Waals surface area contributed by atoms with Gasteiger partial charge in [0, 0.05) is 12.1 Å². The van der Waals surface area contributed by atoms with Crippen molar-refractivity contribution in [1.29, 1.82) is 0 Å². The van der Waals surface area contributed by atoms with Gasteiger partial charge in [-0.3, -0.25) is 9.69 Å². The van der Waals surface area contributed by atoms with Gasteiger partial charge in [-0.05, 0) is 25.2 Å². The largest absolute Gasteiger partial charge is 0.394 e. The van der Waals surface area contributed by atoms with Crippen molar-refractivity contribution >= 4 is 29.0 Å². The number of nitrogens with zero attached hydrogens (tertiary/aromatic N) is 1. The zero-order valence-corrected chi connectivity index (χ0v) is 12.2. The first kappa shape index (κ1) is 16.4. The number of carbonyl (C=O) groups excluding carboxylic acids is 1. The highest BCUT2D eigenvalue weighted by Gasteiger charge is 2.10. The number of likely N-dealkylation sites (N-methyl/N-ethyl adjacent to an activating group) is 1. The summed E-state index contributed by atoms with van der Waals surface area (Å²) in [6.45, 7) is 1.69. The van der Waals surface area contributed by atoms with E-state index in [1.165, 1.54) is 0 Å². The first-order chi connectivity index (χ1) is 9.04. The molecule has 1 aromatic carbocycles. The third-order valence-corrected chi connectivity index (χ3v) is 3.25. The standard InChI is InChI=1S/C13H17Cl2NO3/c1-16(4-6-19-7-5-17)9-13(18)10-2-3-11(14)12(15)8-10/h2-3,8,17H,4-7,9H2,1H3. The third-order valence-electron chi connectivity index (χ3n) is 2.51. The molecule has 0 aliphatic heterocycles. The van der Waals surface area contributed by atoms with Crippen LogP contribution in [0.3, 0.4) is 0 Å². The molecule has 0 saturated carbocycles. The Bertz CT molecular complexity index is 426. The Morgan fingerprint density at radius 2 is 2.05 bits per heavy atom. The predicted octanol–water partition coefficient (Wildman–Crippen LogP) is 2.12. The summed E-state index contributed by atoms with van der Waals surface area (Å²) in [5.41, 5.74) is 0.539. The summed E-state index contributed by atoms with van der Waals surface area (Å²) in [6.07, 6.45) is 0. The maximum absolute atomic E-state index is 12.0. The first-order valence-electron chi connectivity index (χ1n) is 5.90. The predicted molar refractivity (Wildman–Crippen MR) is 76.2 cm³/mol. The average Bonchev–Trinajstić information content (AvgIpc) is 2.38. The van der Waals surface area contributed by atoms with E-state index in [1.54, 1.807) is 18.2 Å². The lowest BCUT2D eigenvalue weighted by molar-refractivity contribution is 0.0739. The molecule has 0 saturated heterocycles. The second-order valence-electron chi connectivity index (χ2n) is 4.13. The van der Waals surface area contributed by atoms with Gasteiger partial charge in [0.25, 0.3) is 0 Å². The minimum absolute atomic E-state index is 0.00587. The van der Waals surface area contributed by atoms with Crippen LogP contribution in [0.25, 0.3) is 0 Å². The van der Waals surface area contributed by atoms with Gasteiger partial charge in [0.15, 0.2) is 5.78 Å². The normalized spacial score (nSPS) is 11.0. The van der Waals surface area contributed by atoms with Crippen LogP contribution in [0.1, 0.15) is 10.4 Å². The number of aliphatic hydroxyl groups is 1. The van der Waals surface area contributed by atoms with Crippen LogP contribution in [-0.4, -0.2) is 55.7 Å². The molecule has 0 radical (unpaired) electrons. The van der Waals surface area contributed by atoms with E-state index in [1.807, 2.05) is 11.9 Å². The van der Waals surface area contributed by atoms with Crippen molar-refractivity contribution in [2.24, 2.45) is 0 Å². The first-order valence-corrected chi connectivity index (χ1v) is 6.65. The summed E-state index contributed by atoms with van der Waals surface area (Å²) in [5, 5.41) is 9.37. The van der Waals surface area contributed by atoms with Gasteiger partial charge in [-0.2, -0.15) is 0 Å². The monoisotopic (exact) mass is 305 g/mol. The zero-order chi connectivity index (χ0) is 14.3. The van der Waals surface area contributed by atoms with Gasteiger partial charge in [-0.1, -0.05) is 23.2 Å². The van der Waals surface area contributed by atoms with Crippen LogP contribution in [0.2, 0.25) is 10.0 Å². The number of rotatable bonds is 8. The smallest absolute Gasteiger partial charge is 0.176 e. The van der Waals surface area contributed by atoms with E-state index in [4.69, 9.17) is 33.0 Å². The molecule has 106 valence electrons. The van der Waals surface area contributed by atoms with Crippen molar-refractivity contribution in [1.82, 2.24) is 4.90 Å². The summed E-state index contributed by atoms with van der Waals surface area (Å²) in [6, 6.07) is 4.84. The molecule has 0 unspecified atom stereocenters. The lowest BCUT2D eigenvalue weighted by Gasteiger charge is -2.15. The van der Waals surface area contributed by atoms with E-state index in [2.05, 4.69) is 0 Å². The Labute approximate surface area is 122 Å². The molecule has 1 aromatic rings. The Balaban J connectivity index is 2.43. The van der Waals surface area contributed by atoms with E-state index in [0.717, 1.165) is 0 Å². The average molecular weight is 306 g/mol. The fourth-order valence-electron chi connectivity index (χ4n) is 1.47. The number of benzene rings is 1. The van der Waals surface area contributed by atoms with Crippen LogP contribution in [0.4, 0.5) is 0 Å². The van der Waals surface area contributed by atoms with Crippen LogP contribution >= 0.6 is 23.2 Å². The molecular formula is C13H17Cl2NO3. The Morgan fingerprint density at radius 3 is 2.68 bits per heavy atom. The fourth-order valence-corrected chi connectivity index (χ4v) is 1.77. The second kappa shape index (κ2) is 8.51. The third kappa shape index (κ3) is 5.89. The van der Waals surface area contributed by atoms with Crippen molar-refractivity contribution < 1.29 is 14.6 Å². The summed E-state index contributed by atoms with van der Waals surface area (Å²) < 4.78 is 5.13. The number of ether oxygens (including phenoxy) is 1. The maximum atomic E-state index is 12.0. The SMILES string of the molecule is CN(CCOCCO)CC(=O)c1ccc(Cl)c(Cl)c1. The molecule has 6 heteroatoms. The number of aliphatic hydroxyl groups excluding tert-OH is 1. The summed E-state index contributed by atoms with van der Waals surface area (Å²) in [7, 11) is 1.83. The molecule has 0 heterocycles. The lowest BCUT2D eigenvalue weighted by atomic mass is 10.1. The highest BCUT2D eigenvalue weighted by molar-refractivity contribution is 6.42. The van der Waals surface area contributed by atoms with E-state index in [0.29, 0.717) is 35.4 Å². The minimum atomic E-state index is -0.0248. The Kier molecular flexibility index (Phi) is 7.34. The molecule has 1 N–H and O–H groups in total. The molecule has 0 aliphatic rings. The summed E-state index contributed by atoms with van der Waals surface area (Å²) >= 11 is 11.7. The number of carbonyl (C=O) groups is 1. The summed E-state index contributed by atoms with van der Waals surface area (Å²) in [4.78, 5) is 13.8. The van der Waals surface area contributed by atoms with Crippen molar-refractivity contribution in [3.05, 3.63) is 33.8 Å². The number of halogens is 2. The zero-order valence-electron chi connectivity index (χ0n) is 10.7. The number of ketones is 1. The lowest BCUT2D eigenvalue weighted by Crippen LogP contribution is -2.29. The van der Waals surface area contributed by atoms with E-state index < -0.39 is 0 Å². The molecule has 19 heavy (non-hydrogen) atoms. The topological polar surface area (TPSA) is 49.8 Å². The van der Waals surface area contributed by atoms with Crippen molar-refractivity contribution in [2.45, 2.75) is 0 Å². The number of Topliss-reactive ketones (excluding diaryl/α,β-unsaturated/α-hetero) is 1. The van der Waals surface area contributed by atoms with Crippen LogP contribution in [-0.2, 0) is 4.74 Å². The summed E-state index contributed by atoms with van der Waals surface area (Å²) in [5.74, 6) is -0.0248. The second-order valence-corrected chi connectivity index (χ2v) is 4.94. The molecule has 4 nitrogen and oxygen atoms in total. The van der Waals surface area contributed by atoms with Gasteiger partial charge in [-0.15, -0.1) is 0 Å². The van der Waals surface area contributed by atoms with E-state index in [9.17, 15) is 4.79 Å². The van der Waals surface area contributed by atoms with Gasteiger partial charge < -0.3 is 9.84 Å². The van der Waals surface area contributed by atoms with Crippen LogP contribution in [0.15, 0.2) is 18.2 Å². The molecule has 0 aromatic heterocycles. The number of hydrogen-bond donors (Lipinski definition) is 1. The molecule has 0 aliphatic carbocycles. The number of hydrogen-bond acceptors (Lipinski definition) is 4. The Hall–Kier alpha value is -0.650. The van der Waals surface area contributed by atoms with Gasteiger partial charge in [0.1, 0.15) is 0 Å². The molecule has 0 bridgehead atoms. The Morgan fingerprint density at radius 1 is 1.32 bits per heavy atom. The van der Waals surface area contributed by atoms with Gasteiger partial charge in [0.2, 0.25) is 0 Å². The van der Waals surface area contributed by atoms with Crippen LogP contribution in [0.5, 0.6) is 0 Å². The maximum Gasteiger partial charge on any atom is 0.176 e. The van der Waals surface area contributed by atoms with E-state index >= 15 is 0 Å². The highest BCUT2D eigenvalue weighted by atomic mass is 35.5. The molecule has 0 atom stereocenters. The van der Waals surface area contributed by atoms with Crippen molar-refractivity contribution in [3.8, 4) is 0 Å². The van der Waals surface area contributed by atoms with Gasteiger partial charge in [0.05, 0.1) is 36.4 Å².